The Balaban J connectivity index is 1.94. The van der Waals surface area contributed by atoms with Gasteiger partial charge in [0.05, 0.1) is 12.2 Å². The second kappa shape index (κ2) is 7.08. The fraction of sp³-hybridized carbons (Fsp3) is 0.267. The summed E-state index contributed by atoms with van der Waals surface area (Å²) in [6, 6.07) is 7.61. The number of carbonyl (C=O) groups excluding carboxylic acids is 1. The molecule has 0 aromatic carbocycles. The summed E-state index contributed by atoms with van der Waals surface area (Å²) >= 11 is 0. The molecule has 0 aliphatic rings. The molecule has 2 aromatic heterocycles. The lowest BCUT2D eigenvalue weighted by atomic mass is 10.2. The number of aryl methyl sites for hydroxylation is 1. The van der Waals surface area contributed by atoms with Crippen molar-refractivity contribution in [2.24, 2.45) is 0 Å². The van der Waals surface area contributed by atoms with Crippen LogP contribution in [0, 0.1) is 6.92 Å². The fourth-order valence-corrected chi connectivity index (χ4v) is 1.75. The number of hydrogen-bond donors (Lipinski definition) is 1. The van der Waals surface area contributed by atoms with Gasteiger partial charge in [-0.1, -0.05) is 6.07 Å². The number of rotatable bonds is 5. The number of nitrogens with zero attached hydrogens (tertiary/aromatic N) is 2. The van der Waals surface area contributed by atoms with Crippen LogP contribution in [0.4, 0.5) is 13.2 Å². The second-order valence-corrected chi connectivity index (χ2v) is 4.74. The highest BCUT2D eigenvalue weighted by Crippen LogP contribution is 2.17. The van der Waals surface area contributed by atoms with Gasteiger partial charge in [0.1, 0.15) is 0 Å². The normalized spacial score (nSPS) is 11.1. The van der Waals surface area contributed by atoms with E-state index in [0.717, 1.165) is 0 Å². The van der Waals surface area contributed by atoms with Crippen LogP contribution in [-0.2, 0) is 6.54 Å². The molecule has 0 aliphatic heterocycles. The van der Waals surface area contributed by atoms with Crippen molar-refractivity contribution < 1.29 is 22.7 Å². The molecule has 0 aliphatic carbocycles. The number of hydrogen-bond acceptors (Lipinski definition) is 4. The number of nitrogens with one attached hydrogen (secondary N) is 1. The monoisotopic (exact) mass is 325 g/mol. The Bertz CT molecular complexity index is 690. The van der Waals surface area contributed by atoms with Crippen molar-refractivity contribution in [3.05, 3.63) is 53.5 Å². The maximum Gasteiger partial charge on any atom is 0.422 e. The van der Waals surface area contributed by atoms with Crippen LogP contribution >= 0.6 is 0 Å². The Kier molecular flexibility index (Phi) is 5.15. The summed E-state index contributed by atoms with van der Waals surface area (Å²) in [6.45, 7) is 0.426. The van der Waals surface area contributed by atoms with Gasteiger partial charge >= 0.3 is 6.18 Å². The van der Waals surface area contributed by atoms with E-state index in [1.165, 1.54) is 18.3 Å². The number of amides is 1. The molecule has 2 rings (SSSR count). The van der Waals surface area contributed by atoms with Crippen LogP contribution in [0.5, 0.6) is 5.88 Å². The van der Waals surface area contributed by atoms with Gasteiger partial charge in [0, 0.05) is 23.5 Å². The predicted molar refractivity (Wildman–Crippen MR) is 75.9 cm³/mol. The highest BCUT2D eigenvalue weighted by Gasteiger charge is 2.28. The Labute approximate surface area is 130 Å². The zero-order valence-corrected chi connectivity index (χ0v) is 12.2. The van der Waals surface area contributed by atoms with Crippen LogP contribution < -0.4 is 10.1 Å². The molecule has 0 bridgehead atoms. The van der Waals surface area contributed by atoms with Gasteiger partial charge in [0.15, 0.2) is 6.61 Å². The molecule has 0 saturated heterocycles. The van der Waals surface area contributed by atoms with E-state index in [1.54, 1.807) is 25.1 Å². The van der Waals surface area contributed by atoms with Crippen molar-refractivity contribution in [3.63, 3.8) is 0 Å². The van der Waals surface area contributed by atoms with Crippen molar-refractivity contribution >= 4 is 5.91 Å². The quantitative estimate of drug-likeness (QED) is 0.918. The lowest BCUT2D eigenvalue weighted by Crippen LogP contribution is -2.24. The molecule has 2 heterocycles. The zero-order chi connectivity index (χ0) is 16.9. The smallest absolute Gasteiger partial charge is 0.422 e. The molecule has 0 fully saturated rings. The fourth-order valence-electron chi connectivity index (χ4n) is 1.75. The number of alkyl halides is 3. The van der Waals surface area contributed by atoms with Crippen molar-refractivity contribution in [1.82, 2.24) is 15.3 Å². The van der Waals surface area contributed by atoms with Crippen molar-refractivity contribution in [2.75, 3.05) is 6.61 Å². The molecule has 5 nitrogen and oxygen atoms in total. The number of carbonyl (C=O) groups is 1. The largest absolute Gasteiger partial charge is 0.468 e. The van der Waals surface area contributed by atoms with Gasteiger partial charge in [-0.25, -0.2) is 4.98 Å². The molecule has 122 valence electrons. The third-order valence-electron chi connectivity index (χ3n) is 2.75. The minimum absolute atomic E-state index is 0.0728. The summed E-state index contributed by atoms with van der Waals surface area (Å²) in [5.41, 5.74) is 1.55. The molecule has 0 radical (unpaired) electrons. The second-order valence-electron chi connectivity index (χ2n) is 4.74. The van der Waals surface area contributed by atoms with Crippen LogP contribution in [0.15, 0.2) is 36.5 Å². The standard InChI is InChI=1S/C15H14F3N3O2/c1-10-7-11(5-6-19-10)14(22)20-8-12-3-2-4-13(21-12)23-9-15(16,17)18/h2-7H,8-9H2,1H3,(H,20,22). The summed E-state index contributed by atoms with van der Waals surface area (Å²) in [5.74, 6) is -0.465. The van der Waals surface area contributed by atoms with Gasteiger partial charge in [-0.15, -0.1) is 0 Å². The minimum atomic E-state index is -4.43. The summed E-state index contributed by atoms with van der Waals surface area (Å²) < 4.78 is 40.9. The van der Waals surface area contributed by atoms with E-state index in [2.05, 4.69) is 20.0 Å². The van der Waals surface area contributed by atoms with E-state index in [4.69, 9.17) is 0 Å². The molecule has 0 saturated carbocycles. The first-order valence-corrected chi connectivity index (χ1v) is 6.70. The first-order valence-electron chi connectivity index (χ1n) is 6.70. The van der Waals surface area contributed by atoms with E-state index in [-0.39, 0.29) is 18.3 Å². The van der Waals surface area contributed by atoms with E-state index in [9.17, 15) is 18.0 Å². The third-order valence-corrected chi connectivity index (χ3v) is 2.75. The molecule has 0 atom stereocenters. The molecular weight excluding hydrogens is 311 g/mol. The molecule has 1 amide bonds. The lowest BCUT2D eigenvalue weighted by Gasteiger charge is -2.10. The third kappa shape index (κ3) is 5.57. The molecular formula is C15H14F3N3O2. The predicted octanol–water partition coefficient (Wildman–Crippen LogP) is 2.66. The van der Waals surface area contributed by atoms with Gasteiger partial charge in [-0.05, 0) is 25.1 Å². The Hall–Kier alpha value is -2.64. The highest BCUT2D eigenvalue weighted by molar-refractivity contribution is 5.94. The molecule has 0 unspecified atom stereocenters. The molecule has 1 N–H and O–H groups in total. The SMILES string of the molecule is Cc1cc(C(=O)NCc2cccc(OCC(F)(F)F)n2)ccn1. The summed E-state index contributed by atoms with van der Waals surface area (Å²) in [6.07, 6.45) is -2.90. The molecule has 0 spiro atoms. The van der Waals surface area contributed by atoms with Crippen LogP contribution in [0.3, 0.4) is 0 Å². The maximum absolute atomic E-state index is 12.1. The van der Waals surface area contributed by atoms with E-state index >= 15 is 0 Å². The average Bonchev–Trinajstić information content (AvgIpc) is 2.50. The van der Waals surface area contributed by atoms with Crippen LogP contribution in [0.25, 0.3) is 0 Å². The number of halogens is 3. The van der Waals surface area contributed by atoms with Crippen molar-refractivity contribution in [2.45, 2.75) is 19.6 Å². The summed E-state index contributed by atoms with van der Waals surface area (Å²) in [7, 11) is 0. The van der Waals surface area contributed by atoms with Crippen molar-refractivity contribution in [1.29, 1.82) is 0 Å². The van der Waals surface area contributed by atoms with Gasteiger partial charge < -0.3 is 10.1 Å². The van der Waals surface area contributed by atoms with E-state index in [0.29, 0.717) is 17.0 Å². The molecule has 23 heavy (non-hydrogen) atoms. The first-order chi connectivity index (χ1) is 10.8. The number of ether oxygens (including phenoxy) is 1. The first kappa shape index (κ1) is 16.7. The Morgan fingerprint density at radius 1 is 1.30 bits per heavy atom. The highest BCUT2D eigenvalue weighted by atomic mass is 19.4. The van der Waals surface area contributed by atoms with Gasteiger partial charge in [-0.2, -0.15) is 13.2 Å². The number of aromatic nitrogens is 2. The van der Waals surface area contributed by atoms with Crippen LogP contribution in [-0.4, -0.2) is 28.7 Å². The van der Waals surface area contributed by atoms with E-state index in [1.807, 2.05) is 0 Å². The van der Waals surface area contributed by atoms with Crippen molar-refractivity contribution in [3.8, 4) is 5.88 Å². The zero-order valence-electron chi connectivity index (χ0n) is 12.2. The maximum atomic E-state index is 12.1. The Morgan fingerprint density at radius 3 is 2.78 bits per heavy atom. The lowest BCUT2D eigenvalue weighted by molar-refractivity contribution is -0.154. The van der Waals surface area contributed by atoms with E-state index < -0.39 is 12.8 Å². The van der Waals surface area contributed by atoms with Gasteiger partial charge in [0.25, 0.3) is 5.91 Å². The Morgan fingerprint density at radius 2 is 2.09 bits per heavy atom. The molecule has 8 heteroatoms. The number of pyridine rings is 2. The molecule has 2 aromatic rings. The summed E-state index contributed by atoms with van der Waals surface area (Å²) in [4.78, 5) is 19.9. The van der Waals surface area contributed by atoms with Crippen LogP contribution in [0.2, 0.25) is 0 Å². The topological polar surface area (TPSA) is 64.1 Å². The average molecular weight is 325 g/mol. The van der Waals surface area contributed by atoms with Gasteiger partial charge in [-0.3, -0.25) is 9.78 Å². The van der Waals surface area contributed by atoms with Gasteiger partial charge in [0.2, 0.25) is 5.88 Å². The van der Waals surface area contributed by atoms with Crippen LogP contribution in [0.1, 0.15) is 21.7 Å². The minimum Gasteiger partial charge on any atom is -0.468 e. The summed E-state index contributed by atoms with van der Waals surface area (Å²) in [5, 5.41) is 2.64.